The molecule has 1 saturated heterocycles. The highest BCUT2D eigenvalue weighted by molar-refractivity contribution is 5.73. The monoisotopic (exact) mass is 624 g/mol. The summed E-state index contributed by atoms with van der Waals surface area (Å²) in [5, 5.41) is 24.1. The molecule has 0 spiro atoms. The lowest BCUT2D eigenvalue weighted by Gasteiger charge is -2.46. The molecule has 3 heterocycles. The van der Waals surface area contributed by atoms with Crippen LogP contribution in [-0.2, 0) is 28.3 Å². The number of hydrogen-bond acceptors (Lipinski definition) is 7. The van der Waals surface area contributed by atoms with Gasteiger partial charge in [-0.3, -0.25) is 15.0 Å². The van der Waals surface area contributed by atoms with Crippen LogP contribution in [0, 0.1) is 12.1 Å². The third-order valence-electron chi connectivity index (χ3n) is 7.93. The normalized spacial score (nSPS) is 24.4. The molecular weight excluding hydrogens is 592 g/mol. The summed E-state index contributed by atoms with van der Waals surface area (Å²) in [6.45, 7) is 4.59. The number of rotatable bonds is 5. The first-order valence-electron chi connectivity index (χ1n) is 14.1. The van der Waals surface area contributed by atoms with Crippen LogP contribution in [0.4, 0.5) is 26.3 Å². The molecule has 1 amide bonds. The van der Waals surface area contributed by atoms with Gasteiger partial charge in [0.25, 0.3) is 0 Å². The summed E-state index contributed by atoms with van der Waals surface area (Å²) in [4.78, 5) is 13.6. The van der Waals surface area contributed by atoms with Crippen molar-refractivity contribution in [2.24, 2.45) is 0 Å². The van der Waals surface area contributed by atoms with Gasteiger partial charge in [-0.15, -0.1) is 0 Å². The molecule has 14 heteroatoms. The molecule has 0 radical (unpaired) electrons. The Hall–Kier alpha value is -3.75. The third-order valence-corrected chi connectivity index (χ3v) is 7.93. The van der Waals surface area contributed by atoms with Crippen LogP contribution in [0.15, 0.2) is 60.0 Å². The number of alkyl halides is 6. The van der Waals surface area contributed by atoms with Crippen molar-refractivity contribution < 1.29 is 35.9 Å². The van der Waals surface area contributed by atoms with Gasteiger partial charge in [0.05, 0.1) is 17.8 Å². The maximum Gasteiger partial charge on any atom is 0.416 e. The molecule has 238 valence electrons. The quantitative estimate of drug-likeness (QED) is 0.415. The third kappa shape index (κ3) is 6.97. The Morgan fingerprint density at radius 2 is 1.77 bits per heavy atom. The van der Waals surface area contributed by atoms with E-state index in [4.69, 9.17) is 4.74 Å². The van der Waals surface area contributed by atoms with E-state index in [1.165, 1.54) is 6.92 Å². The largest absolute Gasteiger partial charge is 0.758 e. The number of amides is 1. The fourth-order valence-electron chi connectivity index (χ4n) is 5.83. The standard InChI is InChI=1S/C30H32F6N5O3/c1-17-5-3-4-6-23(17)26-13-27(40-8-7-22(15-40)39-18(2)42)44-28-24(14-37-16-38-28)25(41(26)43)11-19-9-20(29(31,32)33)12-21(10-19)30(34,35)36/h3-6,9-10,12-13,22,25,27,37-38H,7-8,11,14-16H2,1-2H3,(H,39,42)/q-1/b26-13-. The smallest absolute Gasteiger partial charge is 0.416 e. The Morgan fingerprint density at radius 1 is 1.09 bits per heavy atom. The molecule has 3 N–H and O–H groups in total. The summed E-state index contributed by atoms with van der Waals surface area (Å²) in [6.07, 6.45) is -9.00. The number of nitrogens with zero attached hydrogens (tertiary/aromatic N) is 2. The van der Waals surface area contributed by atoms with Crippen LogP contribution in [0.3, 0.4) is 0 Å². The Bertz CT molecular complexity index is 1430. The van der Waals surface area contributed by atoms with E-state index in [1.54, 1.807) is 37.3 Å². The summed E-state index contributed by atoms with van der Waals surface area (Å²) < 4.78 is 88.5. The Kier molecular flexibility index (Phi) is 8.87. The fraction of sp³-hybridized carbons (Fsp3) is 0.433. The zero-order valence-electron chi connectivity index (χ0n) is 24.0. The molecule has 0 saturated carbocycles. The molecule has 3 unspecified atom stereocenters. The van der Waals surface area contributed by atoms with Crippen LogP contribution in [0.1, 0.15) is 41.2 Å². The summed E-state index contributed by atoms with van der Waals surface area (Å²) in [5.74, 6) is 0.0547. The second-order valence-corrected chi connectivity index (χ2v) is 11.2. The van der Waals surface area contributed by atoms with Crippen molar-refractivity contribution in [3.05, 3.63) is 93.0 Å². The van der Waals surface area contributed by atoms with Gasteiger partial charge in [-0.2, -0.15) is 26.3 Å². The van der Waals surface area contributed by atoms with E-state index in [0.717, 1.165) is 5.56 Å². The van der Waals surface area contributed by atoms with Crippen molar-refractivity contribution in [2.75, 3.05) is 26.3 Å². The predicted octanol–water partition coefficient (Wildman–Crippen LogP) is 4.71. The molecule has 2 aromatic rings. The van der Waals surface area contributed by atoms with Gasteiger partial charge in [0.1, 0.15) is 0 Å². The predicted molar refractivity (Wildman–Crippen MR) is 150 cm³/mol. The maximum absolute atomic E-state index is 14.4. The summed E-state index contributed by atoms with van der Waals surface area (Å²) in [5.41, 5.74) is -1.39. The van der Waals surface area contributed by atoms with Gasteiger partial charge >= 0.3 is 12.4 Å². The molecule has 3 aliphatic rings. The van der Waals surface area contributed by atoms with Crippen LogP contribution in [0.5, 0.6) is 0 Å². The van der Waals surface area contributed by atoms with Crippen molar-refractivity contribution in [3.8, 4) is 0 Å². The van der Waals surface area contributed by atoms with Crippen molar-refractivity contribution in [2.45, 2.75) is 57.4 Å². The lowest BCUT2D eigenvalue weighted by Crippen LogP contribution is -2.49. The zero-order valence-corrected chi connectivity index (χ0v) is 24.0. The number of hydroxylamine groups is 2. The Morgan fingerprint density at radius 3 is 2.41 bits per heavy atom. The first kappa shape index (κ1) is 31.7. The number of halogens is 6. The molecule has 2 aromatic carbocycles. The molecule has 0 aromatic heterocycles. The highest BCUT2D eigenvalue weighted by atomic mass is 19.4. The SMILES string of the molecule is CC(=O)NC1CCN(C2/C=C(/c3ccccc3C)N([O-])C(Cc3cc(C(F)(F)F)cc(C(F)(F)F)c3)C3=C(NCNC3)O2)C1. The molecule has 3 aliphatic heterocycles. The van der Waals surface area contributed by atoms with E-state index < -0.39 is 42.2 Å². The minimum absolute atomic E-state index is 0.0711. The van der Waals surface area contributed by atoms with Gasteiger partial charge in [-0.25, -0.2) is 0 Å². The van der Waals surface area contributed by atoms with Gasteiger partial charge < -0.3 is 25.6 Å². The second kappa shape index (κ2) is 12.3. The molecule has 44 heavy (non-hydrogen) atoms. The minimum Gasteiger partial charge on any atom is -0.758 e. The van der Waals surface area contributed by atoms with Crippen molar-refractivity contribution in [3.63, 3.8) is 0 Å². The highest BCUT2D eigenvalue weighted by Crippen LogP contribution is 2.38. The summed E-state index contributed by atoms with van der Waals surface area (Å²) in [7, 11) is 0. The number of benzene rings is 2. The summed E-state index contributed by atoms with van der Waals surface area (Å²) >= 11 is 0. The Labute approximate surface area is 250 Å². The average Bonchev–Trinajstić information content (AvgIpc) is 3.40. The van der Waals surface area contributed by atoms with Crippen LogP contribution >= 0.6 is 0 Å². The number of carbonyl (C=O) groups excluding carboxylic acids is 1. The number of likely N-dealkylation sites (tertiary alicyclic amines) is 1. The van der Waals surface area contributed by atoms with Gasteiger partial charge in [-0.05, 0) is 60.7 Å². The van der Waals surface area contributed by atoms with Crippen molar-refractivity contribution in [1.29, 1.82) is 0 Å². The lowest BCUT2D eigenvalue weighted by molar-refractivity contribution is -0.143. The van der Waals surface area contributed by atoms with Crippen molar-refractivity contribution >= 4 is 11.6 Å². The number of hydrogen-bond donors (Lipinski definition) is 3. The van der Waals surface area contributed by atoms with Gasteiger partial charge in [0, 0.05) is 49.9 Å². The van der Waals surface area contributed by atoms with E-state index in [1.807, 2.05) is 4.90 Å². The lowest BCUT2D eigenvalue weighted by atomic mass is 9.93. The second-order valence-electron chi connectivity index (χ2n) is 11.2. The number of ether oxygens (including phenoxy) is 1. The molecule has 0 aliphatic carbocycles. The van der Waals surface area contributed by atoms with Crippen LogP contribution in [0.2, 0.25) is 0 Å². The number of carbonyl (C=O) groups is 1. The van der Waals surface area contributed by atoms with E-state index in [9.17, 15) is 36.3 Å². The van der Waals surface area contributed by atoms with Crippen LogP contribution < -0.4 is 16.0 Å². The molecule has 3 atom stereocenters. The van der Waals surface area contributed by atoms with E-state index in [0.29, 0.717) is 47.8 Å². The minimum atomic E-state index is -5.03. The zero-order chi connectivity index (χ0) is 31.8. The van der Waals surface area contributed by atoms with Crippen LogP contribution in [0.25, 0.3) is 5.70 Å². The first-order chi connectivity index (χ1) is 20.7. The number of aryl methyl sites for hydroxylation is 1. The highest BCUT2D eigenvalue weighted by Gasteiger charge is 2.39. The fourth-order valence-corrected chi connectivity index (χ4v) is 5.83. The number of nitrogens with one attached hydrogen (secondary N) is 3. The topological polar surface area (TPSA) is 91.9 Å². The first-order valence-corrected chi connectivity index (χ1v) is 14.1. The van der Waals surface area contributed by atoms with Crippen LogP contribution in [-0.4, -0.2) is 60.5 Å². The maximum atomic E-state index is 14.4. The van der Waals surface area contributed by atoms with Gasteiger partial charge in [0.15, 0.2) is 12.1 Å². The van der Waals surface area contributed by atoms with E-state index in [2.05, 4.69) is 16.0 Å². The van der Waals surface area contributed by atoms with Gasteiger partial charge in [0.2, 0.25) is 5.91 Å². The summed E-state index contributed by atoms with van der Waals surface area (Å²) in [6, 6.07) is 7.08. The van der Waals surface area contributed by atoms with E-state index >= 15 is 0 Å². The molecule has 8 nitrogen and oxygen atoms in total. The van der Waals surface area contributed by atoms with E-state index in [-0.39, 0.29) is 48.4 Å². The molecule has 0 bridgehead atoms. The molecule has 5 rings (SSSR count). The van der Waals surface area contributed by atoms with Gasteiger partial charge in [-0.1, -0.05) is 24.3 Å². The average molecular weight is 625 g/mol. The Balaban J connectivity index is 1.60. The van der Waals surface area contributed by atoms with Crippen molar-refractivity contribution in [1.82, 2.24) is 25.9 Å². The molecule has 1 fully saturated rings. The molecular formula is C30H32F6N5O3-.